The van der Waals surface area contributed by atoms with Gasteiger partial charge in [0.1, 0.15) is 24.9 Å². The van der Waals surface area contributed by atoms with Crippen molar-refractivity contribution in [3.63, 3.8) is 0 Å². The molecule has 36 heavy (non-hydrogen) atoms. The summed E-state index contributed by atoms with van der Waals surface area (Å²) >= 11 is 0. The first kappa shape index (κ1) is 27.1. The van der Waals surface area contributed by atoms with Crippen molar-refractivity contribution in [2.75, 3.05) is 26.7 Å². The van der Waals surface area contributed by atoms with Gasteiger partial charge < -0.3 is 14.3 Å². The third-order valence-corrected chi connectivity index (χ3v) is 9.44. The third-order valence-electron chi connectivity index (χ3n) is 9.44. The topological polar surface area (TPSA) is 33.3 Å². The highest BCUT2D eigenvalue weighted by Gasteiger charge is 2.53. The Kier molecular flexibility index (Phi) is 9.47. The second-order valence-electron chi connectivity index (χ2n) is 11.6. The van der Waals surface area contributed by atoms with Crippen molar-refractivity contribution in [2.24, 2.45) is 18.9 Å². The number of quaternary nitrogens is 1. The summed E-state index contributed by atoms with van der Waals surface area (Å²) in [6.07, 6.45) is 18.4. The molecule has 4 nitrogen and oxygen atoms in total. The Labute approximate surface area is 219 Å². The molecule has 0 radical (unpaired) electrons. The van der Waals surface area contributed by atoms with E-state index in [2.05, 4.69) is 55.6 Å². The van der Waals surface area contributed by atoms with E-state index in [9.17, 15) is 5.11 Å². The Balaban J connectivity index is 1.49. The van der Waals surface area contributed by atoms with Crippen LogP contribution in [0.25, 0.3) is 10.9 Å². The molecule has 4 heterocycles. The molecule has 5 rings (SSSR count). The van der Waals surface area contributed by atoms with Gasteiger partial charge in [-0.05, 0) is 30.9 Å². The van der Waals surface area contributed by atoms with E-state index < -0.39 is 6.10 Å². The summed E-state index contributed by atoms with van der Waals surface area (Å²) < 4.78 is 8.75. The Morgan fingerprint density at radius 1 is 1.11 bits per heavy atom. The van der Waals surface area contributed by atoms with Gasteiger partial charge in [-0.2, -0.15) is 0 Å². The quantitative estimate of drug-likeness (QED) is 0.138. The number of rotatable bonds is 14. The molecular formula is C32H50N2O2+2. The van der Waals surface area contributed by atoms with Crippen LogP contribution in [-0.2, 0) is 7.05 Å². The predicted octanol–water partition coefficient (Wildman–Crippen LogP) is 6.65. The molecule has 0 aliphatic carbocycles. The number of aromatic nitrogens is 1. The minimum absolute atomic E-state index is 0.260. The molecule has 198 valence electrons. The number of benzene rings is 1. The molecule has 3 aliphatic rings. The molecule has 1 aromatic heterocycles. The number of fused-ring (bicyclic) bond motifs is 4. The van der Waals surface area contributed by atoms with Crippen molar-refractivity contribution in [3.05, 3.63) is 48.7 Å². The van der Waals surface area contributed by atoms with Crippen LogP contribution in [0.15, 0.2) is 43.1 Å². The standard InChI is InChI=1S/C32H50N2O2/c1-5-7-8-9-10-11-12-13-14-20-34-21-18-26(25(6-2)24-34)22-31(34)32(35)28-17-19-33(3)30-16-15-27(36-4)23-29(28)30/h6,15-17,19,23,25-26,31-32,35H,2,5,7-14,18,20-22,24H2,1,3-4H3/q+2/t25?,26?,31-,32-,34?/m0/s1. The van der Waals surface area contributed by atoms with Crippen LogP contribution < -0.4 is 9.30 Å². The Bertz CT molecular complexity index is 1010. The fourth-order valence-electron chi connectivity index (χ4n) is 7.23. The summed E-state index contributed by atoms with van der Waals surface area (Å²) in [4.78, 5) is 0. The molecule has 3 aliphatic heterocycles. The molecule has 2 aromatic rings. The Morgan fingerprint density at radius 2 is 1.83 bits per heavy atom. The monoisotopic (exact) mass is 494 g/mol. The van der Waals surface area contributed by atoms with Gasteiger partial charge in [0.15, 0.2) is 6.20 Å². The fourth-order valence-corrected chi connectivity index (χ4v) is 7.23. The second kappa shape index (κ2) is 12.6. The summed E-state index contributed by atoms with van der Waals surface area (Å²) in [6.45, 7) is 10.0. The number of aliphatic hydroxyl groups is 1. The van der Waals surface area contributed by atoms with E-state index in [0.29, 0.717) is 11.8 Å². The summed E-state index contributed by atoms with van der Waals surface area (Å²) in [5, 5.41) is 13.1. The maximum Gasteiger partial charge on any atom is 0.212 e. The van der Waals surface area contributed by atoms with Gasteiger partial charge in [-0.1, -0.05) is 57.9 Å². The van der Waals surface area contributed by atoms with Gasteiger partial charge in [-0.15, -0.1) is 6.58 Å². The van der Waals surface area contributed by atoms with Crippen molar-refractivity contribution in [1.29, 1.82) is 0 Å². The molecule has 3 fully saturated rings. The molecule has 3 saturated heterocycles. The van der Waals surface area contributed by atoms with E-state index in [1.165, 1.54) is 77.3 Å². The van der Waals surface area contributed by atoms with Crippen molar-refractivity contribution in [3.8, 4) is 5.75 Å². The van der Waals surface area contributed by atoms with Gasteiger partial charge in [-0.3, -0.25) is 0 Å². The molecule has 4 heteroatoms. The largest absolute Gasteiger partial charge is 0.497 e. The molecule has 1 N–H and O–H groups in total. The van der Waals surface area contributed by atoms with Crippen molar-refractivity contribution < 1.29 is 18.9 Å². The number of hydrogen-bond donors (Lipinski definition) is 1. The molecule has 0 amide bonds. The Morgan fingerprint density at radius 3 is 2.53 bits per heavy atom. The van der Waals surface area contributed by atoms with Gasteiger partial charge >= 0.3 is 0 Å². The number of hydrogen-bond acceptors (Lipinski definition) is 2. The minimum Gasteiger partial charge on any atom is -0.497 e. The first-order valence-electron chi connectivity index (χ1n) is 14.7. The maximum atomic E-state index is 12.0. The van der Waals surface area contributed by atoms with Crippen LogP contribution in [0.2, 0.25) is 0 Å². The van der Waals surface area contributed by atoms with Gasteiger partial charge in [0, 0.05) is 36.5 Å². The highest BCUT2D eigenvalue weighted by atomic mass is 16.5. The average Bonchev–Trinajstić information content (AvgIpc) is 2.91. The number of pyridine rings is 1. The number of ether oxygens (including phenoxy) is 1. The first-order chi connectivity index (χ1) is 17.5. The molecular weight excluding hydrogens is 444 g/mol. The summed E-state index contributed by atoms with van der Waals surface area (Å²) in [7, 11) is 3.79. The van der Waals surface area contributed by atoms with Crippen LogP contribution in [0.3, 0.4) is 0 Å². The van der Waals surface area contributed by atoms with Crippen LogP contribution in [0.4, 0.5) is 0 Å². The lowest BCUT2D eigenvalue weighted by atomic mass is 9.71. The fraction of sp³-hybridized carbons (Fsp3) is 0.656. The zero-order chi connectivity index (χ0) is 25.5. The van der Waals surface area contributed by atoms with Gasteiger partial charge in [0.2, 0.25) is 5.52 Å². The maximum absolute atomic E-state index is 12.0. The SMILES string of the molecule is C=CC1C[N+]2(CCCCCCCCCCC)CCC1C[C@H]2[C@@H](O)c1cc[n+](C)c2ccc(OC)cc12. The molecule has 3 unspecified atom stereocenters. The van der Waals surface area contributed by atoms with E-state index in [-0.39, 0.29) is 6.04 Å². The smallest absolute Gasteiger partial charge is 0.212 e. The lowest BCUT2D eigenvalue weighted by molar-refractivity contribution is -0.973. The van der Waals surface area contributed by atoms with E-state index in [0.717, 1.165) is 39.7 Å². The number of unbranched alkanes of at least 4 members (excludes halogenated alkanes) is 8. The molecule has 5 atom stereocenters. The number of methoxy groups -OCH3 is 1. The highest BCUT2D eigenvalue weighted by Crippen LogP contribution is 2.47. The molecule has 0 spiro atoms. The lowest BCUT2D eigenvalue weighted by Gasteiger charge is -2.58. The lowest BCUT2D eigenvalue weighted by Crippen LogP contribution is -2.68. The normalized spacial score (nSPS) is 26.3. The first-order valence-corrected chi connectivity index (χ1v) is 14.7. The number of nitrogens with zero attached hydrogens (tertiary/aromatic N) is 2. The van der Waals surface area contributed by atoms with Gasteiger partial charge in [0.25, 0.3) is 0 Å². The van der Waals surface area contributed by atoms with Crippen molar-refractivity contribution >= 4 is 10.9 Å². The zero-order valence-electron chi connectivity index (χ0n) is 23.1. The van der Waals surface area contributed by atoms with Crippen LogP contribution in [0.1, 0.15) is 89.2 Å². The number of aryl methyl sites for hydroxylation is 1. The summed E-state index contributed by atoms with van der Waals surface area (Å²) in [5.41, 5.74) is 2.19. The second-order valence-corrected chi connectivity index (χ2v) is 11.6. The van der Waals surface area contributed by atoms with Crippen molar-refractivity contribution in [1.82, 2.24) is 0 Å². The summed E-state index contributed by atoms with van der Waals surface area (Å²) in [6, 6.07) is 8.61. The average molecular weight is 495 g/mol. The minimum atomic E-state index is -0.465. The van der Waals surface area contributed by atoms with Crippen LogP contribution in [0.5, 0.6) is 5.75 Å². The highest BCUT2D eigenvalue weighted by molar-refractivity contribution is 5.81. The van der Waals surface area contributed by atoms with Crippen molar-refractivity contribution in [2.45, 2.75) is 89.7 Å². The predicted molar refractivity (Wildman–Crippen MR) is 149 cm³/mol. The number of piperidine rings is 3. The van der Waals surface area contributed by atoms with Gasteiger partial charge in [-0.25, -0.2) is 4.57 Å². The van der Waals surface area contributed by atoms with E-state index in [1.54, 1.807) is 7.11 Å². The summed E-state index contributed by atoms with van der Waals surface area (Å²) in [5.74, 6) is 2.09. The third kappa shape index (κ3) is 5.81. The molecule has 2 bridgehead atoms. The zero-order valence-corrected chi connectivity index (χ0v) is 23.1. The van der Waals surface area contributed by atoms with E-state index in [1.807, 2.05) is 6.07 Å². The Hall–Kier alpha value is -1.91. The van der Waals surface area contributed by atoms with Crippen LogP contribution in [-0.4, -0.2) is 42.4 Å². The molecule has 0 saturated carbocycles. The van der Waals surface area contributed by atoms with Crippen LogP contribution >= 0.6 is 0 Å². The van der Waals surface area contributed by atoms with Gasteiger partial charge in [0.05, 0.1) is 32.1 Å². The number of aliphatic hydroxyl groups excluding tert-OH is 1. The molecule has 1 aromatic carbocycles. The van der Waals surface area contributed by atoms with E-state index >= 15 is 0 Å². The van der Waals surface area contributed by atoms with E-state index in [4.69, 9.17) is 4.74 Å². The van der Waals surface area contributed by atoms with Crippen LogP contribution in [0, 0.1) is 11.8 Å².